The smallest absolute Gasteiger partial charge is 0.165 e. The van der Waals surface area contributed by atoms with Crippen molar-refractivity contribution in [1.29, 1.82) is 0 Å². The van der Waals surface area contributed by atoms with Gasteiger partial charge < -0.3 is 10.1 Å². The van der Waals surface area contributed by atoms with E-state index in [1.54, 1.807) is 12.1 Å². The summed E-state index contributed by atoms with van der Waals surface area (Å²) in [6, 6.07) is 13.8. The molecular formula is C18H20FNO. The molecule has 21 heavy (non-hydrogen) atoms. The first-order chi connectivity index (χ1) is 10.2. The molecular weight excluding hydrogens is 265 g/mol. The molecule has 0 unspecified atom stereocenters. The second-order valence-corrected chi connectivity index (χ2v) is 5.64. The quantitative estimate of drug-likeness (QED) is 0.867. The van der Waals surface area contributed by atoms with Crippen molar-refractivity contribution < 1.29 is 9.13 Å². The lowest BCUT2D eigenvalue weighted by Gasteiger charge is -2.10. The molecule has 1 fully saturated rings. The van der Waals surface area contributed by atoms with E-state index in [1.165, 1.54) is 12.8 Å². The number of hydrogen-bond acceptors (Lipinski definition) is 2. The Morgan fingerprint density at radius 3 is 2.71 bits per heavy atom. The topological polar surface area (TPSA) is 21.3 Å². The van der Waals surface area contributed by atoms with Gasteiger partial charge >= 0.3 is 0 Å². The first kappa shape index (κ1) is 14.1. The maximum atomic E-state index is 14.0. The summed E-state index contributed by atoms with van der Waals surface area (Å²) in [4.78, 5) is 0. The van der Waals surface area contributed by atoms with Gasteiger partial charge in [-0.15, -0.1) is 0 Å². The Morgan fingerprint density at radius 2 is 2.00 bits per heavy atom. The van der Waals surface area contributed by atoms with E-state index in [-0.39, 0.29) is 5.82 Å². The summed E-state index contributed by atoms with van der Waals surface area (Å²) in [7, 11) is 0. The second-order valence-electron chi connectivity index (χ2n) is 5.64. The highest BCUT2D eigenvalue weighted by Gasteiger charge is 2.20. The van der Waals surface area contributed by atoms with Gasteiger partial charge in [0.05, 0.1) is 0 Å². The lowest BCUT2D eigenvalue weighted by Crippen LogP contribution is -2.15. The summed E-state index contributed by atoms with van der Waals surface area (Å²) in [5.41, 5.74) is 3.20. The van der Waals surface area contributed by atoms with Crippen molar-refractivity contribution in [2.75, 3.05) is 0 Å². The van der Waals surface area contributed by atoms with Gasteiger partial charge in [0.2, 0.25) is 0 Å². The number of halogens is 1. The van der Waals surface area contributed by atoms with Gasteiger partial charge in [-0.2, -0.15) is 0 Å². The Labute approximate surface area is 125 Å². The molecule has 110 valence electrons. The van der Waals surface area contributed by atoms with Crippen LogP contribution in [0.25, 0.3) is 0 Å². The molecule has 1 saturated carbocycles. The molecule has 3 heteroatoms. The third-order valence-corrected chi connectivity index (χ3v) is 3.81. The zero-order valence-electron chi connectivity index (χ0n) is 12.2. The highest BCUT2D eigenvalue weighted by Crippen LogP contribution is 2.22. The van der Waals surface area contributed by atoms with E-state index in [9.17, 15) is 4.39 Å². The fourth-order valence-corrected chi connectivity index (χ4v) is 2.25. The predicted molar refractivity (Wildman–Crippen MR) is 81.8 cm³/mol. The summed E-state index contributed by atoms with van der Waals surface area (Å²) in [6.07, 6.45) is 2.47. The minimum Gasteiger partial charge on any atom is -0.486 e. The second kappa shape index (κ2) is 6.27. The van der Waals surface area contributed by atoms with Crippen LogP contribution in [0.2, 0.25) is 0 Å². The zero-order chi connectivity index (χ0) is 14.7. The summed E-state index contributed by atoms with van der Waals surface area (Å²) in [5, 5.41) is 3.38. The normalized spacial score (nSPS) is 14.2. The third-order valence-electron chi connectivity index (χ3n) is 3.81. The van der Waals surface area contributed by atoms with E-state index in [2.05, 4.69) is 5.32 Å². The molecule has 0 bridgehead atoms. The lowest BCUT2D eigenvalue weighted by atomic mass is 10.1. The van der Waals surface area contributed by atoms with E-state index in [4.69, 9.17) is 4.74 Å². The molecule has 0 amide bonds. The van der Waals surface area contributed by atoms with Gasteiger partial charge in [-0.25, -0.2) is 4.39 Å². The molecule has 0 aliphatic heterocycles. The molecule has 1 aliphatic carbocycles. The van der Waals surface area contributed by atoms with Gasteiger partial charge in [-0.3, -0.25) is 0 Å². The largest absolute Gasteiger partial charge is 0.486 e. The van der Waals surface area contributed by atoms with Crippen molar-refractivity contribution in [2.24, 2.45) is 0 Å². The Bertz CT molecular complexity index is 622. The first-order valence-electron chi connectivity index (χ1n) is 7.41. The Hall–Kier alpha value is -1.87. The van der Waals surface area contributed by atoms with Crippen LogP contribution in [0.15, 0.2) is 42.5 Å². The van der Waals surface area contributed by atoms with Crippen LogP contribution in [0.3, 0.4) is 0 Å². The molecule has 2 aromatic rings. The highest BCUT2D eigenvalue weighted by atomic mass is 19.1. The van der Waals surface area contributed by atoms with Crippen molar-refractivity contribution in [3.05, 3.63) is 65.0 Å². The SMILES string of the molecule is Cc1ccccc1COc1ccc(CNC2CC2)cc1F. The van der Waals surface area contributed by atoms with Gasteiger partial charge in [0.25, 0.3) is 0 Å². The molecule has 0 radical (unpaired) electrons. The summed E-state index contributed by atoms with van der Waals surface area (Å²) < 4.78 is 19.6. The first-order valence-corrected chi connectivity index (χ1v) is 7.41. The fourth-order valence-electron chi connectivity index (χ4n) is 2.25. The third kappa shape index (κ3) is 3.82. The van der Waals surface area contributed by atoms with Crippen LogP contribution in [0.4, 0.5) is 4.39 Å². The number of benzene rings is 2. The van der Waals surface area contributed by atoms with Crippen LogP contribution in [0, 0.1) is 12.7 Å². The summed E-state index contributed by atoms with van der Waals surface area (Å²) in [6.45, 7) is 3.14. The molecule has 3 rings (SSSR count). The van der Waals surface area contributed by atoms with Crippen LogP contribution in [0.1, 0.15) is 29.5 Å². The van der Waals surface area contributed by atoms with E-state index in [0.717, 1.165) is 23.2 Å². The summed E-state index contributed by atoms with van der Waals surface area (Å²) >= 11 is 0. The molecule has 0 saturated heterocycles. The number of aryl methyl sites for hydroxylation is 1. The van der Waals surface area contributed by atoms with Crippen LogP contribution in [-0.2, 0) is 13.2 Å². The molecule has 2 aromatic carbocycles. The van der Waals surface area contributed by atoms with E-state index in [1.807, 2.05) is 37.3 Å². The molecule has 1 N–H and O–H groups in total. The summed E-state index contributed by atoms with van der Waals surface area (Å²) in [5.74, 6) is 0.0205. The van der Waals surface area contributed by atoms with Gasteiger partial charge in [0, 0.05) is 12.6 Å². The Kier molecular flexibility index (Phi) is 4.20. The molecule has 0 heterocycles. The minimum atomic E-state index is -0.293. The van der Waals surface area contributed by atoms with Gasteiger partial charge in [0.1, 0.15) is 6.61 Å². The number of ether oxygens (including phenoxy) is 1. The van der Waals surface area contributed by atoms with Crippen molar-refractivity contribution in [1.82, 2.24) is 5.32 Å². The van der Waals surface area contributed by atoms with Crippen LogP contribution in [-0.4, -0.2) is 6.04 Å². The number of rotatable bonds is 6. The maximum Gasteiger partial charge on any atom is 0.165 e. The number of nitrogens with one attached hydrogen (secondary N) is 1. The van der Waals surface area contributed by atoms with Crippen molar-refractivity contribution in [3.63, 3.8) is 0 Å². The van der Waals surface area contributed by atoms with Crippen LogP contribution < -0.4 is 10.1 Å². The van der Waals surface area contributed by atoms with Crippen LogP contribution >= 0.6 is 0 Å². The molecule has 0 aromatic heterocycles. The van der Waals surface area contributed by atoms with Gasteiger partial charge in [-0.05, 0) is 48.6 Å². The fraction of sp³-hybridized carbons (Fsp3) is 0.333. The monoisotopic (exact) mass is 285 g/mol. The molecule has 1 aliphatic rings. The standard InChI is InChI=1S/C18H20FNO/c1-13-4-2-3-5-15(13)12-21-18-9-6-14(10-17(18)19)11-20-16-7-8-16/h2-6,9-10,16,20H,7-8,11-12H2,1H3. The van der Waals surface area contributed by atoms with Crippen molar-refractivity contribution in [2.45, 2.75) is 39.0 Å². The Morgan fingerprint density at radius 1 is 1.19 bits per heavy atom. The zero-order valence-corrected chi connectivity index (χ0v) is 12.2. The average Bonchev–Trinajstić information content (AvgIpc) is 3.30. The molecule has 0 spiro atoms. The van der Waals surface area contributed by atoms with Crippen LogP contribution in [0.5, 0.6) is 5.75 Å². The van der Waals surface area contributed by atoms with Crippen molar-refractivity contribution in [3.8, 4) is 5.75 Å². The lowest BCUT2D eigenvalue weighted by molar-refractivity contribution is 0.289. The average molecular weight is 285 g/mol. The maximum absolute atomic E-state index is 14.0. The predicted octanol–water partition coefficient (Wildman–Crippen LogP) is 3.97. The van der Waals surface area contributed by atoms with E-state index in [0.29, 0.717) is 18.4 Å². The molecule has 0 atom stereocenters. The highest BCUT2D eigenvalue weighted by molar-refractivity contribution is 5.31. The Balaban J connectivity index is 1.61. The molecule has 2 nitrogen and oxygen atoms in total. The number of hydrogen-bond donors (Lipinski definition) is 1. The van der Waals surface area contributed by atoms with Gasteiger partial charge in [0.15, 0.2) is 11.6 Å². The minimum absolute atomic E-state index is 0.293. The van der Waals surface area contributed by atoms with E-state index >= 15 is 0 Å². The van der Waals surface area contributed by atoms with E-state index < -0.39 is 0 Å². The van der Waals surface area contributed by atoms with Crippen molar-refractivity contribution >= 4 is 0 Å². The van der Waals surface area contributed by atoms with Gasteiger partial charge in [-0.1, -0.05) is 30.3 Å².